The number of rotatable bonds is 4. The quantitative estimate of drug-likeness (QED) is 0.359. The average Bonchev–Trinajstić information content (AvgIpc) is 2.21. The molecule has 82 valence electrons. The first-order valence-corrected chi connectivity index (χ1v) is 4.88. The molecule has 5 heteroatoms. The van der Waals surface area contributed by atoms with Crippen LogP contribution < -0.4 is 10.5 Å². The molecule has 1 aromatic rings. The molecule has 0 aromatic heterocycles. The van der Waals surface area contributed by atoms with Gasteiger partial charge in [-0.1, -0.05) is 16.8 Å². The maximum atomic E-state index is 8.38. The fraction of sp³-hybridized carbons (Fsp3) is 0.300. The number of nitrogens with two attached hydrogens (primary N) is 1. The topological polar surface area (TPSA) is 67.8 Å². The Morgan fingerprint density at radius 2 is 2.13 bits per heavy atom. The number of amidine groups is 1. The molecule has 1 unspecified atom stereocenters. The molecule has 0 aliphatic rings. The van der Waals surface area contributed by atoms with Gasteiger partial charge in [-0.2, -0.15) is 0 Å². The first kappa shape index (κ1) is 11.7. The minimum Gasteiger partial charge on any atom is -0.490 e. The minimum absolute atomic E-state index is 0.150. The molecular formula is C10H13ClN2O2. The average molecular weight is 229 g/mol. The van der Waals surface area contributed by atoms with Crippen LogP contribution >= 0.6 is 11.6 Å². The van der Waals surface area contributed by atoms with E-state index in [1.165, 1.54) is 0 Å². The van der Waals surface area contributed by atoms with Gasteiger partial charge in [-0.15, -0.1) is 0 Å². The molecule has 0 spiro atoms. The van der Waals surface area contributed by atoms with Crippen LogP contribution in [0.1, 0.15) is 13.3 Å². The van der Waals surface area contributed by atoms with Crippen molar-refractivity contribution in [3.63, 3.8) is 0 Å². The molecule has 0 fully saturated rings. The highest BCUT2D eigenvalue weighted by atomic mass is 35.5. The van der Waals surface area contributed by atoms with E-state index in [0.717, 1.165) is 0 Å². The van der Waals surface area contributed by atoms with E-state index in [9.17, 15) is 0 Å². The van der Waals surface area contributed by atoms with Gasteiger partial charge in [0.15, 0.2) is 0 Å². The summed E-state index contributed by atoms with van der Waals surface area (Å²) in [4.78, 5) is 0. The van der Waals surface area contributed by atoms with E-state index in [2.05, 4.69) is 5.16 Å². The highest BCUT2D eigenvalue weighted by Crippen LogP contribution is 2.17. The second kappa shape index (κ2) is 5.46. The molecule has 0 saturated carbocycles. The normalized spacial score (nSPS) is 13.6. The molecule has 0 saturated heterocycles. The van der Waals surface area contributed by atoms with Gasteiger partial charge in [-0.25, -0.2) is 0 Å². The number of benzene rings is 1. The van der Waals surface area contributed by atoms with Crippen LogP contribution in [0.4, 0.5) is 0 Å². The number of oxime groups is 1. The predicted molar refractivity (Wildman–Crippen MR) is 59.6 cm³/mol. The smallest absolute Gasteiger partial charge is 0.142 e. The van der Waals surface area contributed by atoms with Gasteiger partial charge < -0.3 is 15.7 Å². The van der Waals surface area contributed by atoms with E-state index in [1.54, 1.807) is 24.3 Å². The van der Waals surface area contributed by atoms with Crippen molar-refractivity contribution >= 4 is 17.4 Å². The Hall–Kier alpha value is -1.42. The molecule has 0 heterocycles. The van der Waals surface area contributed by atoms with Gasteiger partial charge >= 0.3 is 0 Å². The van der Waals surface area contributed by atoms with Crippen molar-refractivity contribution in [1.29, 1.82) is 0 Å². The predicted octanol–water partition coefficient (Wildman–Crippen LogP) is 2.24. The maximum absolute atomic E-state index is 8.38. The van der Waals surface area contributed by atoms with Crippen LogP contribution in [0.3, 0.4) is 0 Å². The molecule has 1 atom stereocenters. The van der Waals surface area contributed by atoms with Crippen LogP contribution in [0.25, 0.3) is 0 Å². The highest BCUT2D eigenvalue weighted by molar-refractivity contribution is 6.30. The van der Waals surface area contributed by atoms with Gasteiger partial charge in [-0.05, 0) is 31.2 Å². The van der Waals surface area contributed by atoms with Gasteiger partial charge in [0, 0.05) is 11.4 Å². The second-order valence-electron chi connectivity index (χ2n) is 3.18. The Labute approximate surface area is 93.3 Å². The van der Waals surface area contributed by atoms with E-state index in [1.807, 2.05) is 6.92 Å². The zero-order valence-electron chi connectivity index (χ0n) is 8.35. The summed E-state index contributed by atoms with van der Waals surface area (Å²) >= 11 is 5.73. The summed E-state index contributed by atoms with van der Waals surface area (Å²) < 4.78 is 5.51. The molecule has 0 bridgehead atoms. The van der Waals surface area contributed by atoms with E-state index < -0.39 is 0 Å². The SMILES string of the molecule is CC(CC(N)=NO)Oc1ccc(Cl)cc1. The number of ether oxygens (including phenoxy) is 1. The zero-order valence-corrected chi connectivity index (χ0v) is 9.11. The van der Waals surface area contributed by atoms with Crippen LogP contribution in [0, 0.1) is 0 Å². The Bertz CT molecular complexity index is 338. The molecule has 0 radical (unpaired) electrons. The summed E-state index contributed by atoms with van der Waals surface area (Å²) in [5.41, 5.74) is 5.35. The van der Waals surface area contributed by atoms with Crippen molar-refractivity contribution in [3.8, 4) is 5.75 Å². The Kier molecular flexibility index (Phi) is 4.24. The summed E-state index contributed by atoms with van der Waals surface area (Å²) in [5.74, 6) is 0.856. The number of hydrogen-bond donors (Lipinski definition) is 2. The van der Waals surface area contributed by atoms with E-state index in [4.69, 9.17) is 27.3 Å². The van der Waals surface area contributed by atoms with Gasteiger partial charge in [0.2, 0.25) is 0 Å². The molecular weight excluding hydrogens is 216 g/mol. The molecule has 15 heavy (non-hydrogen) atoms. The third kappa shape index (κ3) is 4.08. The van der Waals surface area contributed by atoms with Crippen molar-refractivity contribution in [1.82, 2.24) is 0 Å². The van der Waals surface area contributed by atoms with E-state index in [0.29, 0.717) is 17.2 Å². The zero-order chi connectivity index (χ0) is 11.3. The molecule has 1 aromatic carbocycles. The van der Waals surface area contributed by atoms with Gasteiger partial charge in [0.25, 0.3) is 0 Å². The van der Waals surface area contributed by atoms with Gasteiger partial charge in [0.05, 0.1) is 0 Å². The molecule has 4 nitrogen and oxygen atoms in total. The third-order valence-electron chi connectivity index (χ3n) is 1.78. The van der Waals surface area contributed by atoms with E-state index in [-0.39, 0.29) is 11.9 Å². The summed E-state index contributed by atoms with van der Waals surface area (Å²) in [6, 6.07) is 7.02. The van der Waals surface area contributed by atoms with Crippen LogP contribution in [0.15, 0.2) is 29.4 Å². The van der Waals surface area contributed by atoms with Crippen molar-refractivity contribution in [2.24, 2.45) is 10.9 Å². The molecule has 0 aliphatic heterocycles. The number of halogens is 1. The standard InChI is InChI=1S/C10H13ClN2O2/c1-7(6-10(12)13-14)15-9-4-2-8(11)3-5-9/h2-5,7,14H,6H2,1H3,(H2,12,13). The minimum atomic E-state index is -0.151. The highest BCUT2D eigenvalue weighted by Gasteiger charge is 2.06. The lowest BCUT2D eigenvalue weighted by Gasteiger charge is -2.13. The van der Waals surface area contributed by atoms with Crippen LogP contribution in [-0.2, 0) is 0 Å². The molecule has 0 aliphatic carbocycles. The van der Waals surface area contributed by atoms with Crippen molar-refractivity contribution in [2.45, 2.75) is 19.4 Å². The van der Waals surface area contributed by atoms with E-state index >= 15 is 0 Å². The Morgan fingerprint density at radius 1 is 1.53 bits per heavy atom. The largest absolute Gasteiger partial charge is 0.490 e. The summed E-state index contributed by atoms with van der Waals surface area (Å²) in [6.07, 6.45) is 0.223. The lowest BCUT2D eigenvalue weighted by atomic mass is 10.2. The van der Waals surface area contributed by atoms with Crippen molar-refractivity contribution in [3.05, 3.63) is 29.3 Å². The fourth-order valence-corrected chi connectivity index (χ4v) is 1.25. The lowest BCUT2D eigenvalue weighted by Crippen LogP contribution is -2.22. The van der Waals surface area contributed by atoms with Crippen LogP contribution in [-0.4, -0.2) is 17.1 Å². The number of hydrogen-bond acceptors (Lipinski definition) is 3. The fourth-order valence-electron chi connectivity index (χ4n) is 1.12. The van der Waals surface area contributed by atoms with Crippen molar-refractivity contribution in [2.75, 3.05) is 0 Å². The Balaban J connectivity index is 2.51. The van der Waals surface area contributed by atoms with Crippen molar-refractivity contribution < 1.29 is 9.94 Å². The van der Waals surface area contributed by atoms with Crippen LogP contribution in [0.5, 0.6) is 5.75 Å². The van der Waals surface area contributed by atoms with Crippen LogP contribution in [0.2, 0.25) is 5.02 Å². The molecule has 3 N–H and O–H groups in total. The first-order chi connectivity index (χ1) is 7.11. The van der Waals surface area contributed by atoms with Gasteiger partial charge in [-0.3, -0.25) is 0 Å². The maximum Gasteiger partial charge on any atom is 0.142 e. The third-order valence-corrected chi connectivity index (χ3v) is 2.03. The van der Waals surface area contributed by atoms with Gasteiger partial charge in [0.1, 0.15) is 17.7 Å². The Morgan fingerprint density at radius 3 is 2.67 bits per heavy atom. The summed E-state index contributed by atoms with van der Waals surface area (Å²) in [6.45, 7) is 1.84. The number of nitrogens with zero attached hydrogens (tertiary/aromatic N) is 1. The molecule has 0 amide bonds. The molecule has 1 rings (SSSR count). The second-order valence-corrected chi connectivity index (χ2v) is 3.61. The monoisotopic (exact) mass is 228 g/mol. The summed E-state index contributed by atoms with van der Waals surface area (Å²) in [5, 5.41) is 11.9. The first-order valence-electron chi connectivity index (χ1n) is 4.50. The lowest BCUT2D eigenvalue weighted by molar-refractivity contribution is 0.226. The summed E-state index contributed by atoms with van der Waals surface area (Å²) in [7, 11) is 0.